The number of hydrogen-bond acceptors (Lipinski definition) is 4. The zero-order valence-corrected chi connectivity index (χ0v) is 16.0. The molecule has 0 atom stereocenters. The van der Waals surface area contributed by atoms with E-state index in [-0.39, 0.29) is 17.7 Å². The van der Waals surface area contributed by atoms with Crippen molar-refractivity contribution in [1.82, 2.24) is 9.78 Å². The van der Waals surface area contributed by atoms with Gasteiger partial charge in [0.15, 0.2) is 0 Å². The van der Waals surface area contributed by atoms with Gasteiger partial charge in [-0.2, -0.15) is 0 Å². The molecule has 0 saturated heterocycles. The van der Waals surface area contributed by atoms with Crippen molar-refractivity contribution in [2.24, 2.45) is 7.05 Å². The van der Waals surface area contributed by atoms with Crippen molar-refractivity contribution < 1.29 is 14.3 Å². The van der Waals surface area contributed by atoms with E-state index in [2.05, 4.69) is 15.7 Å². The lowest BCUT2D eigenvalue weighted by Crippen LogP contribution is -2.14. The van der Waals surface area contributed by atoms with Crippen LogP contribution < -0.4 is 15.4 Å². The van der Waals surface area contributed by atoms with E-state index in [4.69, 9.17) is 4.74 Å². The van der Waals surface area contributed by atoms with Crippen molar-refractivity contribution in [3.63, 3.8) is 0 Å². The van der Waals surface area contributed by atoms with Crippen LogP contribution in [-0.4, -0.2) is 28.7 Å². The zero-order valence-electron chi connectivity index (χ0n) is 16.0. The van der Waals surface area contributed by atoms with E-state index in [0.717, 1.165) is 17.7 Å². The van der Waals surface area contributed by atoms with Gasteiger partial charge in [0.2, 0.25) is 5.88 Å². The largest absolute Gasteiger partial charge is 0.479 e. The van der Waals surface area contributed by atoms with E-state index in [0.29, 0.717) is 16.8 Å². The molecular weight excluding hydrogens is 356 g/mol. The number of hydrogen-bond donors (Lipinski definition) is 2. The Bertz CT molecular complexity index is 993. The second-order valence-corrected chi connectivity index (χ2v) is 6.22. The van der Waals surface area contributed by atoms with Crippen LogP contribution in [0, 0.1) is 0 Å². The molecular formula is C21H22N4O3. The Morgan fingerprint density at radius 3 is 2.43 bits per heavy atom. The SMILES string of the molecule is CCc1ccccc1NC(=O)c1ccc(NC(=O)c2cn(C)nc2OC)cc1. The van der Waals surface area contributed by atoms with Crippen LogP contribution in [0.15, 0.2) is 54.7 Å². The third-order valence-corrected chi connectivity index (χ3v) is 4.28. The second kappa shape index (κ2) is 8.39. The van der Waals surface area contributed by atoms with Gasteiger partial charge in [-0.1, -0.05) is 25.1 Å². The molecule has 0 bridgehead atoms. The average molecular weight is 378 g/mol. The fraction of sp³-hybridized carbons (Fsp3) is 0.190. The standard InChI is InChI=1S/C21H22N4O3/c1-4-14-7-5-6-8-18(14)23-19(26)15-9-11-16(12-10-15)22-20(27)17-13-25(2)24-21(17)28-3/h5-13H,4H2,1-3H3,(H,22,27)(H,23,26). The van der Waals surface area contributed by atoms with Gasteiger partial charge in [-0.3, -0.25) is 14.3 Å². The van der Waals surface area contributed by atoms with Gasteiger partial charge in [0.25, 0.3) is 11.8 Å². The molecule has 144 valence electrons. The Labute approximate surface area is 163 Å². The number of para-hydroxylation sites is 1. The Morgan fingerprint density at radius 1 is 1.04 bits per heavy atom. The van der Waals surface area contributed by atoms with Gasteiger partial charge in [-0.25, -0.2) is 0 Å². The van der Waals surface area contributed by atoms with Crippen molar-refractivity contribution in [2.45, 2.75) is 13.3 Å². The van der Waals surface area contributed by atoms with E-state index in [1.54, 1.807) is 37.5 Å². The van der Waals surface area contributed by atoms with Gasteiger partial charge < -0.3 is 15.4 Å². The minimum Gasteiger partial charge on any atom is -0.479 e. The van der Waals surface area contributed by atoms with Crippen LogP contribution in [0.1, 0.15) is 33.2 Å². The van der Waals surface area contributed by atoms with Crippen LogP contribution in [0.5, 0.6) is 5.88 Å². The van der Waals surface area contributed by atoms with Gasteiger partial charge >= 0.3 is 0 Å². The molecule has 3 rings (SSSR count). The number of ether oxygens (including phenoxy) is 1. The van der Waals surface area contributed by atoms with E-state index in [9.17, 15) is 9.59 Å². The summed E-state index contributed by atoms with van der Waals surface area (Å²) in [6.07, 6.45) is 2.42. The molecule has 28 heavy (non-hydrogen) atoms. The van der Waals surface area contributed by atoms with Gasteiger partial charge in [-0.05, 0) is 42.3 Å². The third-order valence-electron chi connectivity index (χ3n) is 4.28. The number of carbonyl (C=O) groups is 2. The Balaban J connectivity index is 1.69. The molecule has 3 aromatic rings. The molecule has 0 aliphatic rings. The number of nitrogens with zero attached hydrogens (tertiary/aromatic N) is 2. The maximum Gasteiger partial charge on any atom is 0.262 e. The highest BCUT2D eigenvalue weighted by atomic mass is 16.5. The summed E-state index contributed by atoms with van der Waals surface area (Å²) in [6.45, 7) is 2.04. The van der Waals surface area contributed by atoms with Crippen molar-refractivity contribution in [1.29, 1.82) is 0 Å². The molecule has 1 heterocycles. The number of amides is 2. The van der Waals surface area contributed by atoms with Crippen molar-refractivity contribution >= 4 is 23.2 Å². The number of benzene rings is 2. The number of aryl methyl sites for hydroxylation is 2. The fourth-order valence-electron chi connectivity index (χ4n) is 2.82. The molecule has 0 unspecified atom stereocenters. The minimum absolute atomic E-state index is 0.201. The summed E-state index contributed by atoms with van der Waals surface area (Å²) in [7, 11) is 3.17. The van der Waals surface area contributed by atoms with E-state index in [1.807, 2.05) is 31.2 Å². The molecule has 0 spiro atoms. The summed E-state index contributed by atoms with van der Waals surface area (Å²) in [4.78, 5) is 24.9. The Hall–Kier alpha value is -3.61. The number of methoxy groups -OCH3 is 1. The first-order chi connectivity index (χ1) is 13.5. The van der Waals surface area contributed by atoms with E-state index in [1.165, 1.54) is 11.8 Å². The Kier molecular flexibility index (Phi) is 5.74. The molecule has 0 fully saturated rings. The molecule has 0 radical (unpaired) electrons. The van der Waals surface area contributed by atoms with Gasteiger partial charge in [-0.15, -0.1) is 5.10 Å². The van der Waals surface area contributed by atoms with Gasteiger partial charge in [0, 0.05) is 30.2 Å². The third kappa shape index (κ3) is 4.20. The summed E-state index contributed by atoms with van der Waals surface area (Å²) < 4.78 is 6.61. The monoisotopic (exact) mass is 378 g/mol. The summed E-state index contributed by atoms with van der Waals surface area (Å²) >= 11 is 0. The predicted molar refractivity (Wildman–Crippen MR) is 108 cm³/mol. The predicted octanol–water partition coefficient (Wildman–Crippen LogP) is 3.50. The summed E-state index contributed by atoms with van der Waals surface area (Å²) in [5.41, 5.74) is 3.29. The Morgan fingerprint density at radius 2 is 1.75 bits per heavy atom. The van der Waals surface area contributed by atoms with Crippen LogP contribution in [-0.2, 0) is 13.5 Å². The lowest BCUT2D eigenvalue weighted by Gasteiger charge is -2.10. The van der Waals surface area contributed by atoms with Crippen molar-refractivity contribution in [2.75, 3.05) is 17.7 Å². The molecule has 1 aromatic heterocycles. The summed E-state index contributed by atoms with van der Waals surface area (Å²) in [5.74, 6) is -0.280. The maximum absolute atomic E-state index is 12.5. The first-order valence-corrected chi connectivity index (χ1v) is 8.90. The van der Waals surface area contributed by atoms with Crippen molar-refractivity contribution in [3.8, 4) is 5.88 Å². The van der Waals surface area contributed by atoms with Gasteiger partial charge in [0.1, 0.15) is 5.56 Å². The van der Waals surface area contributed by atoms with Crippen LogP contribution >= 0.6 is 0 Å². The topological polar surface area (TPSA) is 85.3 Å². The zero-order chi connectivity index (χ0) is 20.1. The number of nitrogens with one attached hydrogen (secondary N) is 2. The highest BCUT2D eigenvalue weighted by Crippen LogP contribution is 2.19. The number of rotatable bonds is 6. The quantitative estimate of drug-likeness (QED) is 0.687. The highest BCUT2D eigenvalue weighted by molar-refractivity contribution is 6.07. The normalized spacial score (nSPS) is 10.4. The van der Waals surface area contributed by atoms with E-state index >= 15 is 0 Å². The minimum atomic E-state index is -0.334. The average Bonchev–Trinajstić information content (AvgIpc) is 3.10. The van der Waals surface area contributed by atoms with Crippen LogP contribution in [0.3, 0.4) is 0 Å². The highest BCUT2D eigenvalue weighted by Gasteiger charge is 2.16. The lowest BCUT2D eigenvalue weighted by atomic mass is 10.1. The molecule has 0 aliphatic carbocycles. The van der Waals surface area contributed by atoms with Crippen LogP contribution in [0.2, 0.25) is 0 Å². The fourth-order valence-corrected chi connectivity index (χ4v) is 2.82. The molecule has 2 N–H and O–H groups in total. The van der Waals surface area contributed by atoms with Gasteiger partial charge in [0.05, 0.1) is 7.11 Å². The van der Waals surface area contributed by atoms with E-state index < -0.39 is 0 Å². The number of carbonyl (C=O) groups excluding carboxylic acids is 2. The molecule has 0 saturated carbocycles. The maximum atomic E-state index is 12.5. The number of anilines is 2. The molecule has 7 nitrogen and oxygen atoms in total. The molecule has 7 heteroatoms. The summed E-state index contributed by atoms with van der Waals surface area (Å²) in [6, 6.07) is 14.4. The number of aromatic nitrogens is 2. The molecule has 0 aliphatic heterocycles. The molecule has 2 aromatic carbocycles. The van der Waals surface area contributed by atoms with Crippen molar-refractivity contribution in [3.05, 3.63) is 71.4 Å². The first-order valence-electron chi connectivity index (χ1n) is 8.90. The lowest BCUT2D eigenvalue weighted by molar-refractivity contribution is 0.101. The van der Waals surface area contributed by atoms with Crippen LogP contribution in [0.25, 0.3) is 0 Å². The smallest absolute Gasteiger partial charge is 0.262 e. The second-order valence-electron chi connectivity index (χ2n) is 6.22. The van der Waals surface area contributed by atoms with Crippen LogP contribution in [0.4, 0.5) is 11.4 Å². The first kappa shape index (κ1) is 19.2. The molecule has 2 amide bonds. The summed E-state index contributed by atoms with van der Waals surface area (Å²) in [5, 5.41) is 9.77.